The second kappa shape index (κ2) is 5.84. The molecule has 0 bridgehead atoms. The smallest absolute Gasteiger partial charge is 0.394 e. The summed E-state index contributed by atoms with van der Waals surface area (Å²) in [5.41, 5.74) is -1.80. The highest BCUT2D eigenvalue weighted by Crippen LogP contribution is 2.37. The number of hydrogen-bond acceptors (Lipinski definition) is 5. The number of hydrogen-bond donors (Lipinski definition) is 1. The lowest BCUT2D eigenvalue weighted by molar-refractivity contribution is -0.384. The van der Waals surface area contributed by atoms with Gasteiger partial charge in [-0.2, -0.15) is 13.2 Å². The molecule has 0 radical (unpaired) electrons. The molecule has 1 atom stereocenters. The predicted molar refractivity (Wildman–Crippen MR) is 68.0 cm³/mol. The average Bonchev–Trinajstić information content (AvgIpc) is 2.45. The summed E-state index contributed by atoms with van der Waals surface area (Å²) in [4.78, 5) is 14.8. The van der Waals surface area contributed by atoms with Crippen LogP contribution in [0.25, 0.3) is 0 Å². The van der Waals surface area contributed by atoms with Crippen molar-refractivity contribution in [1.82, 2.24) is 4.98 Å². The zero-order valence-corrected chi connectivity index (χ0v) is 11.0. The Morgan fingerprint density at radius 3 is 2.76 bits per heavy atom. The fourth-order valence-electron chi connectivity index (χ4n) is 2.47. The van der Waals surface area contributed by atoms with Crippen LogP contribution >= 0.6 is 0 Å². The summed E-state index contributed by atoms with van der Waals surface area (Å²) in [6.07, 6.45) is -1.93. The molecule has 0 aliphatic carbocycles. The number of rotatable bonds is 3. The van der Waals surface area contributed by atoms with Gasteiger partial charge in [0.05, 0.1) is 17.6 Å². The minimum Gasteiger partial charge on any atom is -0.394 e. The quantitative estimate of drug-likeness (QED) is 0.685. The first-order valence-electron chi connectivity index (χ1n) is 6.43. The molecular weight excluding hydrogens is 291 g/mol. The Bertz CT molecular complexity index is 536. The van der Waals surface area contributed by atoms with Gasteiger partial charge in [-0.1, -0.05) is 0 Å². The van der Waals surface area contributed by atoms with Crippen LogP contribution < -0.4 is 4.90 Å². The number of piperidine rings is 1. The molecule has 0 aromatic carbocycles. The molecule has 1 aliphatic heterocycles. The second-order valence-corrected chi connectivity index (χ2v) is 4.84. The van der Waals surface area contributed by atoms with E-state index >= 15 is 0 Å². The Balaban J connectivity index is 2.49. The molecule has 1 fully saturated rings. The zero-order valence-electron chi connectivity index (χ0n) is 11.0. The van der Waals surface area contributed by atoms with Crippen LogP contribution in [0.5, 0.6) is 0 Å². The molecule has 1 aliphatic rings. The van der Waals surface area contributed by atoms with E-state index in [1.165, 1.54) is 4.90 Å². The van der Waals surface area contributed by atoms with Gasteiger partial charge in [0.25, 0.3) is 0 Å². The van der Waals surface area contributed by atoms with Crippen molar-refractivity contribution in [2.75, 3.05) is 18.1 Å². The van der Waals surface area contributed by atoms with Crippen LogP contribution in [0.4, 0.5) is 24.5 Å². The van der Waals surface area contributed by atoms with Crippen LogP contribution in [0.1, 0.15) is 25.0 Å². The maximum atomic E-state index is 12.7. The van der Waals surface area contributed by atoms with Crippen LogP contribution in [0.2, 0.25) is 0 Å². The number of nitro groups is 1. The summed E-state index contributed by atoms with van der Waals surface area (Å²) in [6, 6.07) is 0.271. The monoisotopic (exact) mass is 305 g/mol. The number of anilines is 1. The van der Waals surface area contributed by atoms with Crippen LogP contribution in [0, 0.1) is 10.1 Å². The van der Waals surface area contributed by atoms with Crippen molar-refractivity contribution in [3.05, 3.63) is 28.1 Å². The van der Waals surface area contributed by atoms with Gasteiger partial charge in [0, 0.05) is 6.54 Å². The number of aliphatic hydroxyl groups is 1. The Kier molecular flexibility index (Phi) is 4.31. The predicted octanol–water partition coefficient (Wildman–Crippen LogP) is 2.36. The van der Waals surface area contributed by atoms with E-state index in [1.54, 1.807) is 0 Å². The van der Waals surface area contributed by atoms with Crippen molar-refractivity contribution < 1.29 is 23.2 Å². The van der Waals surface area contributed by atoms with Gasteiger partial charge in [-0.25, -0.2) is 4.98 Å². The minimum atomic E-state index is -4.67. The van der Waals surface area contributed by atoms with Crippen molar-refractivity contribution in [2.45, 2.75) is 31.5 Å². The van der Waals surface area contributed by atoms with E-state index in [0.29, 0.717) is 31.6 Å². The average molecular weight is 305 g/mol. The summed E-state index contributed by atoms with van der Waals surface area (Å²) < 4.78 is 38.2. The standard InChI is InChI=1S/C12H14F3N3O3/c13-12(14,15)11-5-9(10(6-16-11)18(20)21)17-4-2-1-3-8(17)7-19/h5-6,8,19H,1-4,7H2. The first-order valence-corrected chi connectivity index (χ1v) is 6.43. The molecular formula is C12H14F3N3O3. The van der Waals surface area contributed by atoms with Gasteiger partial charge in [0.2, 0.25) is 0 Å². The first-order chi connectivity index (χ1) is 9.84. The number of pyridine rings is 1. The highest BCUT2D eigenvalue weighted by molar-refractivity contribution is 5.64. The molecule has 0 spiro atoms. The highest BCUT2D eigenvalue weighted by atomic mass is 19.4. The maximum absolute atomic E-state index is 12.7. The third kappa shape index (κ3) is 3.23. The van der Waals surface area contributed by atoms with Crippen molar-refractivity contribution >= 4 is 11.4 Å². The normalized spacial score (nSPS) is 19.6. The molecule has 2 rings (SSSR count). The summed E-state index contributed by atoms with van der Waals surface area (Å²) in [7, 11) is 0. The summed E-state index contributed by atoms with van der Waals surface area (Å²) in [5.74, 6) is 0. The fourth-order valence-corrected chi connectivity index (χ4v) is 2.47. The van der Waals surface area contributed by atoms with Gasteiger partial charge in [0.15, 0.2) is 0 Å². The lowest BCUT2D eigenvalue weighted by atomic mass is 10.0. The molecule has 1 aromatic rings. The number of halogens is 3. The number of alkyl halides is 3. The SMILES string of the molecule is O=[N+]([O-])c1cnc(C(F)(F)F)cc1N1CCCCC1CO. The summed E-state index contributed by atoms with van der Waals surface area (Å²) in [6.45, 7) is 0.105. The van der Waals surface area contributed by atoms with Crippen molar-refractivity contribution in [3.8, 4) is 0 Å². The van der Waals surface area contributed by atoms with Gasteiger partial charge >= 0.3 is 11.9 Å². The Labute approximate surface area is 118 Å². The lowest BCUT2D eigenvalue weighted by Gasteiger charge is -2.36. The largest absolute Gasteiger partial charge is 0.433 e. The molecule has 2 heterocycles. The van der Waals surface area contributed by atoms with Crippen LogP contribution in [0.15, 0.2) is 12.3 Å². The molecule has 1 aromatic heterocycles. The molecule has 21 heavy (non-hydrogen) atoms. The zero-order chi connectivity index (χ0) is 15.6. The van der Waals surface area contributed by atoms with E-state index < -0.39 is 28.5 Å². The third-order valence-corrected chi connectivity index (χ3v) is 3.50. The van der Waals surface area contributed by atoms with E-state index in [0.717, 1.165) is 6.42 Å². The van der Waals surface area contributed by atoms with E-state index in [1.807, 2.05) is 0 Å². The van der Waals surface area contributed by atoms with E-state index in [2.05, 4.69) is 4.98 Å². The summed E-state index contributed by atoms with van der Waals surface area (Å²) in [5, 5.41) is 20.3. The molecule has 6 nitrogen and oxygen atoms in total. The molecule has 9 heteroatoms. The summed E-state index contributed by atoms with van der Waals surface area (Å²) >= 11 is 0. The molecule has 1 saturated heterocycles. The topological polar surface area (TPSA) is 79.5 Å². The van der Waals surface area contributed by atoms with Crippen LogP contribution in [-0.4, -0.2) is 34.2 Å². The molecule has 0 saturated carbocycles. The minimum absolute atomic E-state index is 0.138. The van der Waals surface area contributed by atoms with Crippen LogP contribution in [0.3, 0.4) is 0 Å². The second-order valence-electron chi connectivity index (χ2n) is 4.84. The van der Waals surface area contributed by atoms with Gasteiger partial charge in [-0.05, 0) is 25.3 Å². The molecule has 116 valence electrons. The first kappa shape index (κ1) is 15.5. The maximum Gasteiger partial charge on any atom is 0.433 e. The number of aromatic nitrogens is 1. The van der Waals surface area contributed by atoms with Crippen molar-refractivity contribution in [1.29, 1.82) is 0 Å². The lowest BCUT2D eigenvalue weighted by Crippen LogP contribution is -2.42. The number of nitrogens with zero attached hydrogens (tertiary/aromatic N) is 3. The Hall–Kier alpha value is -1.90. The molecule has 0 amide bonds. The Morgan fingerprint density at radius 2 is 2.19 bits per heavy atom. The van der Waals surface area contributed by atoms with E-state index in [-0.39, 0.29) is 12.3 Å². The third-order valence-electron chi connectivity index (χ3n) is 3.50. The molecule has 1 unspecified atom stereocenters. The van der Waals surface area contributed by atoms with Crippen molar-refractivity contribution in [2.24, 2.45) is 0 Å². The van der Waals surface area contributed by atoms with E-state index in [9.17, 15) is 28.4 Å². The van der Waals surface area contributed by atoms with Crippen molar-refractivity contribution in [3.63, 3.8) is 0 Å². The Morgan fingerprint density at radius 1 is 1.48 bits per heavy atom. The fraction of sp³-hybridized carbons (Fsp3) is 0.583. The van der Waals surface area contributed by atoms with Gasteiger partial charge in [-0.15, -0.1) is 0 Å². The van der Waals surface area contributed by atoms with Gasteiger partial charge < -0.3 is 10.0 Å². The molecule has 1 N–H and O–H groups in total. The highest BCUT2D eigenvalue weighted by Gasteiger charge is 2.36. The van der Waals surface area contributed by atoms with Gasteiger partial charge in [0.1, 0.15) is 17.6 Å². The van der Waals surface area contributed by atoms with Gasteiger partial charge in [-0.3, -0.25) is 10.1 Å². The van der Waals surface area contributed by atoms with Crippen LogP contribution in [-0.2, 0) is 6.18 Å². The van der Waals surface area contributed by atoms with E-state index in [4.69, 9.17) is 0 Å². The number of aliphatic hydroxyl groups excluding tert-OH is 1.